The van der Waals surface area contributed by atoms with E-state index in [2.05, 4.69) is 15.5 Å². The van der Waals surface area contributed by atoms with Crippen LogP contribution < -0.4 is 15.8 Å². The highest BCUT2D eigenvalue weighted by atomic mass is 35.5. The van der Waals surface area contributed by atoms with E-state index in [4.69, 9.17) is 10.5 Å². The van der Waals surface area contributed by atoms with Crippen LogP contribution in [0.2, 0.25) is 0 Å². The average molecular weight is 603 g/mol. The van der Waals surface area contributed by atoms with Crippen molar-refractivity contribution in [3.05, 3.63) is 108 Å². The third-order valence-corrected chi connectivity index (χ3v) is 6.36. The van der Waals surface area contributed by atoms with E-state index in [-0.39, 0.29) is 23.4 Å². The number of halogens is 5. The van der Waals surface area contributed by atoms with Crippen molar-refractivity contribution < 1.29 is 27.1 Å². The number of fused-ring (bicyclic) bond motifs is 1. The van der Waals surface area contributed by atoms with Crippen molar-refractivity contribution in [2.75, 3.05) is 13.2 Å². The van der Waals surface area contributed by atoms with E-state index in [1.165, 1.54) is 12.1 Å². The summed E-state index contributed by atoms with van der Waals surface area (Å²) < 4.78 is 61.9. The number of nitrogens with one attached hydrogen (secondary N) is 2. The molecule has 0 bridgehead atoms. The fourth-order valence-electron chi connectivity index (χ4n) is 4.43. The number of alkyl halides is 3. The van der Waals surface area contributed by atoms with E-state index in [9.17, 15) is 22.4 Å². The van der Waals surface area contributed by atoms with Crippen molar-refractivity contribution in [3.63, 3.8) is 0 Å². The van der Waals surface area contributed by atoms with Gasteiger partial charge in [0.25, 0.3) is 0 Å². The summed E-state index contributed by atoms with van der Waals surface area (Å²) >= 11 is 0. The van der Waals surface area contributed by atoms with Gasteiger partial charge in [-0.2, -0.15) is 22.7 Å². The fourth-order valence-corrected chi connectivity index (χ4v) is 4.43. The van der Waals surface area contributed by atoms with Gasteiger partial charge in [-0.1, -0.05) is 54.6 Å². The zero-order valence-corrected chi connectivity index (χ0v) is 23.8. The lowest BCUT2D eigenvalue weighted by Crippen LogP contribution is -2.40. The number of hydrogen-bond donors (Lipinski definition) is 3. The molecule has 11 heteroatoms. The number of aromatic amines is 1. The normalized spacial score (nSPS) is 12.7. The second kappa shape index (κ2) is 13.7. The zero-order chi connectivity index (χ0) is 29.6. The summed E-state index contributed by atoms with van der Waals surface area (Å²) in [7, 11) is 0. The Balaban J connectivity index is 0.00000484. The van der Waals surface area contributed by atoms with E-state index in [0.29, 0.717) is 46.7 Å². The third-order valence-electron chi connectivity index (χ3n) is 6.36. The minimum Gasteiger partial charge on any atom is -0.492 e. The van der Waals surface area contributed by atoms with Gasteiger partial charge in [0.1, 0.15) is 12.4 Å². The predicted molar refractivity (Wildman–Crippen MR) is 159 cm³/mol. The molecule has 0 saturated heterocycles. The van der Waals surface area contributed by atoms with Crippen LogP contribution in [0.1, 0.15) is 37.0 Å². The van der Waals surface area contributed by atoms with Crippen molar-refractivity contribution >= 4 is 40.4 Å². The highest BCUT2D eigenvalue weighted by molar-refractivity contribution is 6.00. The quantitative estimate of drug-likeness (QED) is 0.0760. The number of carbonyl (C=O) groups is 1. The van der Waals surface area contributed by atoms with Crippen LogP contribution in [0.3, 0.4) is 0 Å². The largest absolute Gasteiger partial charge is 0.492 e. The molecule has 1 amide bonds. The highest BCUT2D eigenvalue weighted by Gasteiger charge is 2.31. The SMILES string of the molecule is CC(C)(C=CC(N)=O)NCCOc1ccc(/C(=C(/CC(F)(F)F)c2ccccc2)c2ccc3n[nH]c(F)c3c2)cc1.Cl. The van der Waals surface area contributed by atoms with Gasteiger partial charge in [0.2, 0.25) is 11.9 Å². The van der Waals surface area contributed by atoms with Crippen LogP contribution >= 0.6 is 12.4 Å². The first-order valence-corrected chi connectivity index (χ1v) is 12.9. The molecule has 42 heavy (non-hydrogen) atoms. The second-order valence-electron chi connectivity index (χ2n) is 10.0. The summed E-state index contributed by atoms with van der Waals surface area (Å²) in [6, 6.07) is 19.8. The number of rotatable bonds is 11. The summed E-state index contributed by atoms with van der Waals surface area (Å²) in [6.45, 7) is 4.53. The second-order valence-corrected chi connectivity index (χ2v) is 10.0. The van der Waals surface area contributed by atoms with Crippen molar-refractivity contribution in [1.29, 1.82) is 0 Å². The molecule has 0 aliphatic heterocycles. The van der Waals surface area contributed by atoms with Gasteiger partial charge < -0.3 is 15.8 Å². The average Bonchev–Trinajstić information content (AvgIpc) is 3.30. The third kappa shape index (κ3) is 8.67. The molecule has 0 saturated carbocycles. The highest BCUT2D eigenvalue weighted by Crippen LogP contribution is 2.40. The maximum Gasteiger partial charge on any atom is 0.393 e. The molecule has 0 spiro atoms. The first-order valence-electron chi connectivity index (χ1n) is 12.9. The number of hydrogen-bond acceptors (Lipinski definition) is 4. The first kappa shape index (κ1) is 32.4. The fraction of sp³-hybridized carbons (Fsp3) is 0.226. The van der Waals surface area contributed by atoms with Gasteiger partial charge >= 0.3 is 6.18 Å². The Morgan fingerprint density at radius 2 is 1.67 bits per heavy atom. The van der Waals surface area contributed by atoms with E-state index < -0.39 is 30.0 Å². The monoisotopic (exact) mass is 602 g/mol. The maximum atomic E-state index is 14.4. The van der Waals surface area contributed by atoms with Gasteiger partial charge in [-0.25, -0.2) is 0 Å². The molecule has 4 N–H and O–H groups in total. The number of H-pyrrole nitrogens is 1. The Morgan fingerprint density at radius 3 is 2.31 bits per heavy atom. The standard InChI is InChI=1S/C31H30F4N4O2.ClH/c1-30(2,15-14-27(36)40)37-16-17-41-23-11-8-21(9-12-23)28(22-10-13-26-24(18-22)29(32)39-38-26)25(19-31(33,34)35)20-6-4-3-5-7-20;/h3-15,18,37H,16-17,19H2,1-2H3,(H2,36,40)(H,38,39);1H/b15-14?,28-25+;. The molecular weight excluding hydrogens is 572 g/mol. The molecule has 1 aromatic heterocycles. The molecule has 0 aliphatic rings. The lowest BCUT2D eigenvalue weighted by Gasteiger charge is -2.22. The summed E-state index contributed by atoms with van der Waals surface area (Å²) in [5.74, 6) is -0.678. The van der Waals surface area contributed by atoms with Crippen LogP contribution in [0, 0.1) is 5.95 Å². The van der Waals surface area contributed by atoms with Crippen molar-refractivity contribution in [3.8, 4) is 5.75 Å². The summed E-state index contributed by atoms with van der Waals surface area (Å²) in [6.07, 6.45) is -2.71. The topological polar surface area (TPSA) is 93.0 Å². The lowest BCUT2D eigenvalue weighted by molar-refractivity contribution is -0.123. The van der Waals surface area contributed by atoms with E-state index in [1.807, 2.05) is 13.8 Å². The van der Waals surface area contributed by atoms with Crippen molar-refractivity contribution in [1.82, 2.24) is 15.5 Å². The van der Waals surface area contributed by atoms with Crippen LogP contribution in [0.4, 0.5) is 17.6 Å². The lowest BCUT2D eigenvalue weighted by atomic mass is 9.87. The molecule has 0 aliphatic carbocycles. The van der Waals surface area contributed by atoms with E-state index >= 15 is 0 Å². The molecule has 4 rings (SSSR count). The Hall–Kier alpha value is -4.15. The Bertz CT molecular complexity index is 1560. The number of allylic oxidation sites excluding steroid dienone is 1. The minimum atomic E-state index is -4.49. The summed E-state index contributed by atoms with van der Waals surface area (Å²) in [5, 5.41) is 9.58. The molecular formula is C31H31ClF4N4O2. The van der Waals surface area contributed by atoms with Gasteiger partial charge in [-0.3, -0.25) is 9.89 Å². The van der Waals surface area contributed by atoms with E-state index in [0.717, 1.165) is 0 Å². The number of amides is 1. The molecule has 3 aromatic carbocycles. The van der Waals surface area contributed by atoms with Gasteiger partial charge in [-0.05, 0) is 65.9 Å². The van der Waals surface area contributed by atoms with Crippen LogP contribution in [0.15, 0.2) is 84.9 Å². The molecule has 0 unspecified atom stereocenters. The van der Waals surface area contributed by atoms with Crippen LogP contribution in [-0.4, -0.2) is 41.0 Å². The zero-order valence-electron chi connectivity index (χ0n) is 23.0. The molecule has 6 nitrogen and oxygen atoms in total. The number of benzene rings is 3. The molecule has 4 aromatic rings. The molecule has 1 heterocycles. The first-order chi connectivity index (χ1) is 19.4. The molecule has 0 fully saturated rings. The van der Waals surface area contributed by atoms with Gasteiger partial charge in [0.05, 0.1) is 17.3 Å². The van der Waals surface area contributed by atoms with Gasteiger partial charge in [-0.15, -0.1) is 12.4 Å². The smallest absolute Gasteiger partial charge is 0.393 e. The van der Waals surface area contributed by atoms with E-state index in [1.54, 1.807) is 72.8 Å². The summed E-state index contributed by atoms with van der Waals surface area (Å²) in [4.78, 5) is 11.0. The number of carbonyl (C=O) groups excluding carboxylic acids is 1. The number of nitrogens with zero attached hydrogens (tertiary/aromatic N) is 1. The Labute approximate surface area is 247 Å². The predicted octanol–water partition coefficient (Wildman–Crippen LogP) is 6.82. The number of nitrogens with two attached hydrogens (primary N) is 1. The van der Waals surface area contributed by atoms with Crippen LogP contribution in [0.5, 0.6) is 5.75 Å². The number of primary amides is 1. The Morgan fingerprint density at radius 1 is 1.00 bits per heavy atom. The summed E-state index contributed by atoms with van der Waals surface area (Å²) in [5.41, 5.74) is 6.77. The molecule has 0 radical (unpaired) electrons. The number of ether oxygens (including phenoxy) is 1. The minimum absolute atomic E-state index is 0. The van der Waals surface area contributed by atoms with Crippen LogP contribution in [0.25, 0.3) is 22.0 Å². The van der Waals surface area contributed by atoms with Crippen molar-refractivity contribution in [2.24, 2.45) is 5.73 Å². The van der Waals surface area contributed by atoms with Gasteiger partial charge in [0, 0.05) is 18.2 Å². The van der Waals surface area contributed by atoms with Crippen molar-refractivity contribution in [2.45, 2.75) is 32.0 Å². The van der Waals surface area contributed by atoms with Gasteiger partial charge in [0.15, 0.2) is 0 Å². The number of aromatic nitrogens is 2. The maximum absolute atomic E-state index is 14.4. The Kier molecular flexibility index (Phi) is 10.5. The van der Waals surface area contributed by atoms with Crippen LogP contribution in [-0.2, 0) is 4.79 Å². The molecule has 222 valence electrons. The molecule has 0 atom stereocenters.